The van der Waals surface area contributed by atoms with Crippen molar-refractivity contribution < 1.29 is 14.6 Å². The van der Waals surface area contributed by atoms with Gasteiger partial charge in [0.25, 0.3) is 0 Å². The van der Waals surface area contributed by atoms with E-state index in [9.17, 15) is 9.90 Å². The Morgan fingerprint density at radius 2 is 1.88 bits per heavy atom. The molecule has 1 aliphatic carbocycles. The van der Waals surface area contributed by atoms with Crippen LogP contribution in [0.5, 0.6) is 11.5 Å². The molecule has 26 heavy (non-hydrogen) atoms. The Kier molecular flexibility index (Phi) is 4.23. The van der Waals surface area contributed by atoms with Gasteiger partial charge in [0.05, 0.1) is 5.69 Å². The van der Waals surface area contributed by atoms with Gasteiger partial charge in [-0.15, -0.1) is 0 Å². The first-order chi connectivity index (χ1) is 12.7. The average Bonchev–Trinajstić information content (AvgIpc) is 2.99. The second-order valence-electron chi connectivity index (χ2n) is 6.16. The minimum atomic E-state index is -0.0219. The van der Waals surface area contributed by atoms with Gasteiger partial charge in [0.1, 0.15) is 18.1 Å². The summed E-state index contributed by atoms with van der Waals surface area (Å²) in [5.74, 6) is 0.903. The van der Waals surface area contributed by atoms with Gasteiger partial charge in [-0.05, 0) is 42.0 Å². The molecule has 0 amide bonds. The van der Waals surface area contributed by atoms with E-state index in [1.807, 2.05) is 48.5 Å². The molecule has 1 aliphatic rings. The highest BCUT2D eigenvalue weighted by atomic mass is 16.5. The molecular weight excluding hydrogens is 326 g/mol. The molecule has 4 nitrogen and oxygen atoms in total. The first kappa shape index (κ1) is 16.1. The number of aromatic hydroxyl groups is 1. The van der Waals surface area contributed by atoms with Gasteiger partial charge in [-0.25, -0.2) is 0 Å². The molecule has 4 heteroatoms. The fraction of sp³-hybridized carbons (Fsp3) is 0.0909. The van der Waals surface area contributed by atoms with Crippen LogP contribution in [0, 0.1) is 0 Å². The number of nitrogens with zero attached hydrogens (tertiary/aromatic N) is 1. The first-order valence-electron chi connectivity index (χ1n) is 8.39. The quantitative estimate of drug-likeness (QED) is 0.722. The van der Waals surface area contributed by atoms with Gasteiger partial charge in [-0.2, -0.15) is 0 Å². The largest absolute Gasteiger partial charge is 0.508 e. The number of phenolic OH excluding ortho intramolecular Hbond substituents is 1. The lowest BCUT2D eigenvalue weighted by Crippen LogP contribution is -1.97. The van der Waals surface area contributed by atoms with Crippen molar-refractivity contribution in [2.24, 2.45) is 0 Å². The van der Waals surface area contributed by atoms with Gasteiger partial charge in [0.15, 0.2) is 5.78 Å². The lowest BCUT2D eigenvalue weighted by Gasteiger charge is -2.06. The summed E-state index contributed by atoms with van der Waals surface area (Å²) in [5.41, 5.74) is 3.77. The Morgan fingerprint density at radius 1 is 1.04 bits per heavy atom. The Morgan fingerprint density at radius 3 is 2.62 bits per heavy atom. The molecule has 1 N–H and O–H groups in total. The van der Waals surface area contributed by atoms with Crippen molar-refractivity contribution in [2.75, 3.05) is 0 Å². The summed E-state index contributed by atoms with van der Waals surface area (Å²) in [6.07, 6.45) is 4.06. The van der Waals surface area contributed by atoms with Crippen LogP contribution >= 0.6 is 0 Å². The number of carbonyl (C=O) groups is 1. The van der Waals surface area contributed by atoms with E-state index in [0.717, 1.165) is 17.0 Å². The number of hydrogen-bond donors (Lipinski definition) is 1. The highest BCUT2D eigenvalue weighted by molar-refractivity contribution is 6.16. The molecule has 0 saturated carbocycles. The highest BCUT2D eigenvalue weighted by Gasteiger charge is 2.26. The van der Waals surface area contributed by atoms with E-state index in [0.29, 0.717) is 29.7 Å². The van der Waals surface area contributed by atoms with Gasteiger partial charge < -0.3 is 9.84 Å². The van der Waals surface area contributed by atoms with Gasteiger partial charge in [0, 0.05) is 29.3 Å². The SMILES string of the molecule is O=C1C(=Cc2ccc(OCc3ccccn3)cc2)Cc2c(O)cccc21. The lowest BCUT2D eigenvalue weighted by atomic mass is 10.1. The number of phenols is 1. The second-order valence-corrected chi connectivity index (χ2v) is 6.16. The smallest absolute Gasteiger partial charge is 0.189 e. The number of carbonyl (C=O) groups excluding carboxylic acids is 1. The third-order valence-corrected chi connectivity index (χ3v) is 4.39. The molecule has 0 atom stereocenters. The van der Waals surface area contributed by atoms with Crippen LogP contribution in [0.4, 0.5) is 0 Å². The zero-order valence-electron chi connectivity index (χ0n) is 14.1. The van der Waals surface area contributed by atoms with Crippen LogP contribution in [0.25, 0.3) is 6.08 Å². The summed E-state index contributed by atoms with van der Waals surface area (Å²) in [5, 5.41) is 9.92. The van der Waals surface area contributed by atoms with Crippen LogP contribution in [0.2, 0.25) is 0 Å². The average molecular weight is 343 g/mol. The Bertz CT molecular complexity index is 976. The maximum atomic E-state index is 12.5. The van der Waals surface area contributed by atoms with Crippen molar-refractivity contribution in [2.45, 2.75) is 13.0 Å². The van der Waals surface area contributed by atoms with E-state index < -0.39 is 0 Å². The molecule has 0 fully saturated rings. The van der Waals surface area contributed by atoms with E-state index >= 15 is 0 Å². The summed E-state index contributed by atoms with van der Waals surface area (Å²) in [6.45, 7) is 0.411. The number of allylic oxidation sites excluding steroid dienone is 1. The summed E-state index contributed by atoms with van der Waals surface area (Å²) in [6, 6.07) is 18.4. The monoisotopic (exact) mass is 343 g/mol. The van der Waals surface area contributed by atoms with E-state index in [1.165, 1.54) is 0 Å². The van der Waals surface area contributed by atoms with Crippen molar-refractivity contribution in [3.8, 4) is 11.5 Å². The van der Waals surface area contributed by atoms with Crippen LogP contribution in [0.1, 0.15) is 27.2 Å². The molecule has 1 aromatic heterocycles. The molecule has 0 spiro atoms. The topological polar surface area (TPSA) is 59.4 Å². The number of Topliss-reactive ketones (excluding diaryl/α,β-unsaturated/α-hetero) is 1. The zero-order chi connectivity index (χ0) is 17.9. The van der Waals surface area contributed by atoms with Crippen LogP contribution in [0.3, 0.4) is 0 Å². The fourth-order valence-electron chi connectivity index (χ4n) is 3.04. The molecule has 0 bridgehead atoms. The summed E-state index contributed by atoms with van der Waals surface area (Å²) < 4.78 is 5.72. The van der Waals surface area contributed by atoms with Gasteiger partial charge in [-0.3, -0.25) is 9.78 Å². The molecule has 4 rings (SSSR count). The van der Waals surface area contributed by atoms with E-state index in [2.05, 4.69) is 4.98 Å². The first-order valence-corrected chi connectivity index (χ1v) is 8.39. The van der Waals surface area contributed by atoms with Crippen LogP contribution in [-0.4, -0.2) is 15.9 Å². The maximum Gasteiger partial charge on any atom is 0.189 e. The summed E-state index contributed by atoms with van der Waals surface area (Å²) in [4.78, 5) is 16.7. The minimum absolute atomic E-state index is 0.0219. The number of ketones is 1. The maximum absolute atomic E-state index is 12.5. The predicted molar refractivity (Wildman–Crippen MR) is 99.1 cm³/mol. The third kappa shape index (κ3) is 3.22. The number of pyridine rings is 1. The van der Waals surface area contributed by atoms with Crippen molar-refractivity contribution in [1.82, 2.24) is 4.98 Å². The molecule has 3 aromatic rings. The Labute approximate surface area is 151 Å². The van der Waals surface area contributed by atoms with Gasteiger partial charge in [0.2, 0.25) is 0 Å². The predicted octanol–water partition coefficient (Wildman–Crippen LogP) is 4.19. The summed E-state index contributed by atoms with van der Waals surface area (Å²) in [7, 11) is 0. The number of hydrogen-bond acceptors (Lipinski definition) is 4. The molecular formula is C22H17NO3. The molecule has 1 heterocycles. The molecule has 0 unspecified atom stereocenters. The standard InChI is InChI=1S/C22H17NO3/c24-21-6-3-5-19-20(21)13-16(22(19)25)12-15-7-9-18(10-8-15)26-14-17-4-1-2-11-23-17/h1-12,24H,13-14H2. The number of benzene rings is 2. The normalized spacial score (nSPS) is 14.5. The lowest BCUT2D eigenvalue weighted by molar-refractivity contribution is 0.104. The number of ether oxygens (including phenoxy) is 1. The fourth-order valence-corrected chi connectivity index (χ4v) is 3.04. The van der Waals surface area contributed by atoms with Crippen molar-refractivity contribution in [3.63, 3.8) is 0 Å². The molecule has 0 radical (unpaired) electrons. The zero-order valence-corrected chi connectivity index (χ0v) is 14.1. The van der Waals surface area contributed by atoms with Crippen LogP contribution in [0.15, 0.2) is 72.4 Å². The molecule has 2 aromatic carbocycles. The van der Waals surface area contributed by atoms with Gasteiger partial charge >= 0.3 is 0 Å². The summed E-state index contributed by atoms with van der Waals surface area (Å²) >= 11 is 0. The van der Waals surface area contributed by atoms with E-state index in [1.54, 1.807) is 24.4 Å². The van der Waals surface area contributed by atoms with E-state index in [-0.39, 0.29) is 11.5 Å². The Balaban J connectivity index is 1.47. The van der Waals surface area contributed by atoms with Crippen LogP contribution < -0.4 is 4.74 Å². The number of rotatable bonds is 4. The highest BCUT2D eigenvalue weighted by Crippen LogP contribution is 2.33. The van der Waals surface area contributed by atoms with E-state index in [4.69, 9.17) is 4.74 Å². The Hall–Kier alpha value is -3.40. The van der Waals surface area contributed by atoms with Crippen molar-refractivity contribution in [1.29, 1.82) is 0 Å². The minimum Gasteiger partial charge on any atom is -0.508 e. The molecule has 0 aliphatic heterocycles. The van der Waals surface area contributed by atoms with Gasteiger partial charge in [-0.1, -0.05) is 30.3 Å². The number of aromatic nitrogens is 1. The van der Waals surface area contributed by atoms with Crippen molar-refractivity contribution >= 4 is 11.9 Å². The van der Waals surface area contributed by atoms with Crippen molar-refractivity contribution in [3.05, 3.63) is 94.8 Å². The molecule has 0 saturated heterocycles. The number of fused-ring (bicyclic) bond motifs is 1. The van der Waals surface area contributed by atoms with Crippen LogP contribution in [-0.2, 0) is 13.0 Å². The second kappa shape index (κ2) is 6.84. The molecule has 128 valence electrons. The third-order valence-electron chi connectivity index (χ3n) is 4.39.